The second-order valence-electron chi connectivity index (χ2n) is 5.14. The number of carboxylic acid groups (broad SMARTS) is 1. The van der Waals surface area contributed by atoms with Gasteiger partial charge in [-0.05, 0) is 0 Å². The lowest BCUT2D eigenvalue weighted by Gasteiger charge is -2.39. The van der Waals surface area contributed by atoms with Crippen LogP contribution in [0.25, 0.3) is 0 Å². The van der Waals surface area contributed by atoms with Crippen LogP contribution < -0.4 is 10.4 Å². The normalized spacial score (nSPS) is 14.0. The topological polar surface area (TPSA) is 122 Å². The van der Waals surface area contributed by atoms with Gasteiger partial charge in [0.1, 0.15) is 12.2 Å². The van der Waals surface area contributed by atoms with Crippen molar-refractivity contribution < 1.29 is 29.3 Å². The maximum atomic E-state index is 12.5. The molecule has 10 heteroatoms. The van der Waals surface area contributed by atoms with Crippen molar-refractivity contribution in [2.45, 2.75) is 0 Å². The van der Waals surface area contributed by atoms with Crippen molar-refractivity contribution in [3.8, 4) is 5.75 Å². The molecular formula is C14H19N3O7. The number of aromatic nitrogens is 1. The van der Waals surface area contributed by atoms with E-state index in [4.69, 9.17) is 14.6 Å². The van der Waals surface area contributed by atoms with Gasteiger partial charge in [0.15, 0.2) is 11.4 Å². The van der Waals surface area contributed by atoms with Gasteiger partial charge in [0.2, 0.25) is 5.43 Å². The van der Waals surface area contributed by atoms with E-state index in [2.05, 4.69) is 0 Å². The average molecular weight is 341 g/mol. The molecule has 1 aromatic rings. The van der Waals surface area contributed by atoms with Crippen molar-refractivity contribution in [3.63, 3.8) is 0 Å². The minimum Gasteiger partial charge on any atom is -0.502 e. The first-order chi connectivity index (χ1) is 11.4. The number of ether oxygens (including phenoxy) is 2. The fraction of sp³-hybridized carbons (Fsp3) is 0.500. The summed E-state index contributed by atoms with van der Waals surface area (Å²) in [6.45, 7) is 1.30. The second kappa shape index (κ2) is 7.32. The molecule has 0 saturated carbocycles. The molecule has 24 heavy (non-hydrogen) atoms. The Morgan fingerprint density at radius 1 is 1.21 bits per heavy atom. The summed E-state index contributed by atoms with van der Waals surface area (Å²) in [5.41, 5.74) is -1.98. The minimum absolute atomic E-state index is 0.139. The quantitative estimate of drug-likeness (QED) is 0.641. The van der Waals surface area contributed by atoms with Crippen LogP contribution in [0.4, 0.5) is 0 Å². The first-order valence-corrected chi connectivity index (χ1v) is 7.16. The Bertz CT molecular complexity index is 700. The van der Waals surface area contributed by atoms with E-state index < -0.39 is 28.6 Å². The molecule has 0 aromatic carbocycles. The Morgan fingerprint density at radius 3 is 2.42 bits per heavy atom. The van der Waals surface area contributed by atoms with Gasteiger partial charge in [0, 0.05) is 27.0 Å². The molecule has 1 aromatic heterocycles. The second-order valence-corrected chi connectivity index (χ2v) is 5.14. The highest BCUT2D eigenvalue weighted by molar-refractivity contribution is 5.97. The van der Waals surface area contributed by atoms with Crippen LogP contribution in [0.2, 0.25) is 0 Å². The average Bonchev–Trinajstić information content (AvgIpc) is 2.55. The molecule has 10 nitrogen and oxygen atoms in total. The number of aromatic hydroxyl groups is 1. The Kier molecular flexibility index (Phi) is 5.42. The number of amides is 1. The smallest absolute Gasteiger partial charge is 0.341 e. The van der Waals surface area contributed by atoms with E-state index in [1.54, 1.807) is 5.01 Å². The van der Waals surface area contributed by atoms with Crippen molar-refractivity contribution in [2.75, 3.05) is 52.2 Å². The standard InChI is InChI=1S/C14H19N3O7/c1-23-5-3-15-8-16(4-6-24-2)17-7-9(14(21)22)11(18)12(19)10(17)13(15)20/h7,19H,3-6,8H2,1-2H3,(H,21,22). The number of nitrogens with zero attached hydrogens (tertiary/aromatic N) is 3. The third-order valence-electron chi connectivity index (χ3n) is 3.64. The molecule has 0 spiro atoms. The Hall–Kier alpha value is -2.59. The molecule has 0 radical (unpaired) electrons. The number of hydrogen-bond acceptors (Lipinski definition) is 7. The zero-order valence-electron chi connectivity index (χ0n) is 13.4. The highest BCUT2D eigenvalue weighted by Crippen LogP contribution is 2.21. The lowest BCUT2D eigenvalue weighted by Crippen LogP contribution is -2.56. The van der Waals surface area contributed by atoms with Crippen LogP contribution in [0.1, 0.15) is 20.8 Å². The van der Waals surface area contributed by atoms with E-state index >= 15 is 0 Å². The third-order valence-corrected chi connectivity index (χ3v) is 3.64. The molecular weight excluding hydrogens is 322 g/mol. The van der Waals surface area contributed by atoms with Crippen molar-refractivity contribution in [3.05, 3.63) is 27.7 Å². The molecule has 2 N–H and O–H groups in total. The molecule has 0 aliphatic carbocycles. The van der Waals surface area contributed by atoms with Gasteiger partial charge in [-0.15, -0.1) is 0 Å². The minimum atomic E-state index is -1.48. The molecule has 0 atom stereocenters. The van der Waals surface area contributed by atoms with Gasteiger partial charge in [-0.2, -0.15) is 0 Å². The van der Waals surface area contributed by atoms with E-state index in [1.165, 1.54) is 23.8 Å². The van der Waals surface area contributed by atoms with Crippen LogP contribution in [0, 0.1) is 0 Å². The van der Waals surface area contributed by atoms with Crippen LogP contribution in [0.15, 0.2) is 11.0 Å². The Labute approximate surface area is 137 Å². The fourth-order valence-corrected chi connectivity index (χ4v) is 2.39. The molecule has 0 unspecified atom stereocenters. The van der Waals surface area contributed by atoms with Gasteiger partial charge in [-0.3, -0.25) is 19.3 Å². The summed E-state index contributed by atoms with van der Waals surface area (Å²) in [5.74, 6) is -2.94. The van der Waals surface area contributed by atoms with Gasteiger partial charge in [-0.1, -0.05) is 0 Å². The predicted molar refractivity (Wildman–Crippen MR) is 82.1 cm³/mol. The molecule has 0 saturated heterocycles. The summed E-state index contributed by atoms with van der Waals surface area (Å²) in [5, 5.41) is 20.8. The first kappa shape index (κ1) is 17.8. The van der Waals surface area contributed by atoms with E-state index in [0.717, 1.165) is 6.20 Å². The van der Waals surface area contributed by atoms with Crippen LogP contribution in [0.5, 0.6) is 5.75 Å². The number of carboxylic acids is 1. The number of carbonyl (C=O) groups excluding carboxylic acids is 1. The van der Waals surface area contributed by atoms with E-state index in [9.17, 15) is 19.5 Å². The molecule has 2 heterocycles. The number of pyridine rings is 1. The maximum Gasteiger partial charge on any atom is 0.341 e. The number of fused-ring (bicyclic) bond motifs is 1. The summed E-state index contributed by atoms with van der Waals surface area (Å²) < 4.78 is 11.2. The van der Waals surface area contributed by atoms with Gasteiger partial charge < -0.3 is 24.6 Å². The Balaban J connectivity index is 2.55. The monoisotopic (exact) mass is 341 g/mol. The summed E-state index contributed by atoms with van der Waals surface area (Å²) >= 11 is 0. The summed E-state index contributed by atoms with van der Waals surface area (Å²) in [7, 11) is 3.00. The van der Waals surface area contributed by atoms with Crippen molar-refractivity contribution in [1.29, 1.82) is 0 Å². The van der Waals surface area contributed by atoms with E-state index in [0.29, 0.717) is 13.2 Å². The first-order valence-electron chi connectivity index (χ1n) is 7.16. The van der Waals surface area contributed by atoms with Crippen LogP contribution in [-0.2, 0) is 9.47 Å². The molecule has 1 amide bonds. The molecule has 132 valence electrons. The van der Waals surface area contributed by atoms with Crippen molar-refractivity contribution in [1.82, 2.24) is 9.58 Å². The largest absolute Gasteiger partial charge is 0.502 e. The maximum absolute atomic E-state index is 12.5. The molecule has 0 fully saturated rings. The van der Waals surface area contributed by atoms with Gasteiger partial charge in [0.25, 0.3) is 5.91 Å². The van der Waals surface area contributed by atoms with Gasteiger partial charge in [-0.25, -0.2) is 4.79 Å². The van der Waals surface area contributed by atoms with E-state index in [1.807, 2.05) is 0 Å². The summed E-state index contributed by atoms with van der Waals surface area (Å²) in [4.78, 5) is 37.1. The fourth-order valence-electron chi connectivity index (χ4n) is 2.39. The Morgan fingerprint density at radius 2 is 1.83 bits per heavy atom. The highest BCUT2D eigenvalue weighted by atomic mass is 16.5. The van der Waals surface area contributed by atoms with Crippen molar-refractivity contribution in [2.24, 2.45) is 0 Å². The van der Waals surface area contributed by atoms with E-state index in [-0.39, 0.29) is 25.5 Å². The number of rotatable bonds is 7. The number of carbonyl (C=O) groups is 2. The van der Waals surface area contributed by atoms with Gasteiger partial charge >= 0.3 is 5.97 Å². The lowest BCUT2D eigenvalue weighted by atomic mass is 10.2. The molecule has 1 aliphatic heterocycles. The van der Waals surface area contributed by atoms with Crippen molar-refractivity contribution >= 4 is 11.9 Å². The summed E-state index contributed by atoms with van der Waals surface area (Å²) in [6.07, 6.45) is 1.04. The zero-order chi connectivity index (χ0) is 17.9. The van der Waals surface area contributed by atoms with Crippen LogP contribution in [-0.4, -0.2) is 78.9 Å². The number of hydrogen-bond donors (Lipinski definition) is 2. The highest BCUT2D eigenvalue weighted by Gasteiger charge is 2.34. The number of methoxy groups -OCH3 is 2. The molecule has 0 bridgehead atoms. The third kappa shape index (κ3) is 3.19. The predicted octanol–water partition coefficient (Wildman–Crippen LogP) is -1.10. The molecule has 2 rings (SSSR count). The zero-order valence-corrected chi connectivity index (χ0v) is 13.4. The van der Waals surface area contributed by atoms with Crippen LogP contribution >= 0.6 is 0 Å². The van der Waals surface area contributed by atoms with Crippen LogP contribution in [0.3, 0.4) is 0 Å². The van der Waals surface area contributed by atoms with Gasteiger partial charge in [0.05, 0.1) is 19.8 Å². The SMILES string of the molecule is COCCN1CN(CCOC)n2cc(C(=O)O)c(=O)c(O)c2C1=O. The molecule has 1 aliphatic rings. The summed E-state index contributed by atoms with van der Waals surface area (Å²) in [6, 6.07) is 0. The number of aromatic carboxylic acids is 1. The lowest BCUT2D eigenvalue weighted by molar-refractivity contribution is 0.0606.